The summed E-state index contributed by atoms with van der Waals surface area (Å²) >= 11 is 0. The average molecular weight is 316 g/mol. The molecule has 0 saturated heterocycles. The molecule has 0 bridgehead atoms. The zero-order valence-electron chi connectivity index (χ0n) is 14.1. The molecule has 1 aromatic heterocycles. The highest BCUT2D eigenvalue weighted by molar-refractivity contribution is 5.74. The second-order valence-corrected chi connectivity index (χ2v) is 6.04. The molecule has 2 N–H and O–H groups in total. The van der Waals surface area contributed by atoms with Crippen LogP contribution in [0, 0.1) is 0 Å². The fourth-order valence-corrected chi connectivity index (χ4v) is 2.11. The maximum atomic E-state index is 11.9. The molecule has 6 heteroatoms. The molecule has 0 unspecified atom stereocenters. The Morgan fingerprint density at radius 2 is 1.96 bits per heavy atom. The molecule has 0 radical (unpaired) electrons. The number of hydrogen-bond acceptors (Lipinski definition) is 3. The zero-order chi connectivity index (χ0) is 16.9. The summed E-state index contributed by atoms with van der Waals surface area (Å²) in [5, 5.41) is 10.2. The van der Waals surface area contributed by atoms with Gasteiger partial charge in [0.2, 0.25) is 0 Å². The molecule has 23 heavy (non-hydrogen) atoms. The van der Waals surface area contributed by atoms with Crippen LogP contribution in [-0.2, 0) is 18.3 Å². The third-order valence-corrected chi connectivity index (χ3v) is 3.62. The van der Waals surface area contributed by atoms with Gasteiger partial charge in [0.1, 0.15) is 0 Å². The number of nitrogens with zero attached hydrogens (tertiary/aromatic N) is 2. The molecule has 2 rings (SSSR count). The number of methoxy groups -OCH3 is 1. The average Bonchev–Trinajstić information content (AvgIpc) is 2.93. The van der Waals surface area contributed by atoms with Crippen molar-refractivity contribution in [1.29, 1.82) is 0 Å². The molecular formula is C17H24N4O2. The molecule has 124 valence electrons. The number of carbonyl (C=O) groups excluding carboxylic acids is 1. The number of urea groups is 1. The van der Waals surface area contributed by atoms with E-state index in [9.17, 15) is 4.79 Å². The Hall–Kier alpha value is -2.34. The maximum absolute atomic E-state index is 11.9. The fourth-order valence-electron chi connectivity index (χ4n) is 2.11. The number of hydrogen-bond donors (Lipinski definition) is 2. The SMILES string of the molecule is COC(C)(C)CNC(=O)NCc1cn(C)nc1-c1ccccc1. The predicted molar refractivity (Wildman–Crippen MR) is 90.0 cm³/mol. The normalized spacial score (nSPS) is 11.3. The molecule has 0 aliphatic heterocycles. The van der Waals surface area contributed by atoms with E-state index in [-0.39, 0.29) is 11.6 Å². The van der Waals surface area contributed by atoms with E-state index in [1.807, 2.05) is 57.4 Å². The number of ether oxygens (including phenoxy) is 1. The van der Waals surface area contributed by atoms with Crippen LogP contribution in [0.3, 0.4) is 0 Å². The second-order valence-electron chi connectivity index (χ2n) is 6.04. The summed E-state index contributed by atoms with van der Waals surface area (Å²) in [4.78, 5) is 11.9. The first-order valence-corrected chi connectivity index (χ1v) is 7.56. The van der Waals surface area contributed by atoms with Crippen molar-refractivity contribution >= 4 is 6.03 Å². The lowest BCUT2D eigenvalue weighted by Crippen LogP contribution is -2.44. The number of rotatable bonds is 6. The Kier molecular flexibility index (Phi) is 5.39. The van der Waals surface area contributed by atoms with Gasteiger partial charge in [0.15, 0.2) is 0 Å². The summed E-state index contributed by atoms with van der Waals surface area (Å²) in [7, 11) is 3.50. The van der Waals surface area contributed by atoms with Gasteiger partial charge in [0.25, 0.3) is 0 Å². The highest BCUT2D eigenvalue weighted by Crippen LogP contribution is 2.21. The van der Waals surface area contributed by atoms with Crippen LogP contribution in [0.25, 0.3) is 11.3 Å². The standard InChI is InChI=1S/C17H24N4O2/c1-17(2,23-4)12-19-16(22)18-10-14-11-21(3)20-15(14)13-8-6-5-7-9-13/h5-9,11H,10,12H2,1-4H3,(H2,18,19,22). The molecule has 0 fully saturated rings. The van der Waals surface area contributed by atoms with E-state index in [0.29, 0.717) is 13.1 Å². The lowest BCUT2D eigenvalue weighted by Gasteiger charge is -2.23. The minimum Gasteiger partial charge on any atom is -0.377 e. The van der Waals surface area contributed by atoms with Gasteiger partial charge in [-0.05, 0) is 13.8 Å². The number of aryl methyl sites for hydroxylation is 1. The second kappa shape index (κ2) is 7.28. The van der Waals surface area contributed by atoms with Crippen LogP contribution in [0.1, 0.15) is 19.4 Å². The number of carbonyl (C=O) groups is 1. The Labute approximate surface area is 136 Å². The van der Waals surface area contributed by atoms with Crippen molar-refractivity contribution in [2.75, 3.05) is 13.7 Å². The van der Waals surface area contributed by atoms with Gasteiger partial charge in [-0.25, -0.2) is 4.79 Å². The molecule has 2 aromatic rings. The van der Waals surface area contributed by atoms with E-state index in [4.69, 9.17) is 4.74 Å². The van der Waals surface area contributed by atoms with Gasteiger partial charge >= 0.3 is 6.03 Å². The van der Waals surface area contributed by atoms with Crippen molar-refractivity contribution in [1.82, 2.24) is 20.4 Å². The minimum atomic E-state index is -0.388. The molecule has 0 aliphatic rings. The number of nitrogens with one attached hydrogen (secondary N) is 2. The summed E-state index contributed by atoms with van der Waals surface area (Å²) in [5.74, 6) is 0. The van der Waals surface area contributed by atoms with Crippen molar-refractivity contribution < 1.29 is 9.53 Å². The Balaban J connectivity index is 1.98. The molecule has 0 saturated carbocycles. The lowest BCUT2D eigenvalue weighted by molar-refractivity contribution is 0.0254. The van der Waals surface area contributed by atoms with Crippen LogP contribution < -0.4 is 10.6 Å². The van der Waals surface area contributed by atoms with Crippen molar-refractivity contribution in [3.8, 4) is 11.3 Å². The van der Waals surface area contributed by atoms with Gasteiger partial charge in [-0.2, -0.15) is 5.10 Å². The Morgan fingerprint density at radius 3 is 2.61 bits per heavy atom. The summed E-state index contributed by atoms with van der Waals surface area (Å²) in [6.07, 6.45) is 1.92. The van der Waals surface area contributed by atoms with Crippen molar-refractivity contribution in [2.45, 2.75) is 26.0 Å². The molecule has 0 aliphatic carbocycles. The lowest BCUT2D eigenvalue weighted by atomic mass is 10.1. The Bertz CT molecular complexity index is 650. The van der Waals surface area contributed by atoms with Crippen molar-refractivity contribution in [3.05, 3.63) is 42.1 Å². The monoisotopic (exact) mass is 316 g/mol. The number of aromatic nitrogens is 2. The maximum Gasteiger partial charge on any atom is 0.315 e. The van der Waals surface area contributed by atoms with E-state index < -0.39 is 0 Å². The number of benzene rings is 1. The van der Waals surface area contributed by atoms with E-state index in [0.717, 1.165) is 16.8 Å². The highest BCUT2D eigenvalue weighted by Gasteiger charge is 2.17. The quantitative estimate of drug-likeness (QED) is 0.859. The van der Waals surface area contributed by atoms with Crippen LogP contribution in [0.15, 0.2) is 36.5 Å². The largest absolute Gasteiger partial charge is 0.377 e. The van der Waals surface area contributed by atoms with E-state index >= 15 is 0 Å². The molecular weight excluding hydrogens is 292 g/mol. The van der Waals surface area contributed by atoms with E-state index in [1.165, 1.54) is 0 Å². The summed E-state index contributed by atoms with van der Waals surface area (Å²) in [5.41, 5.74) is 2.50. The summed E-state index contributed by atoms with van der Waals surface area (Å²) < 4.78 is 7.03. The fraction of sp³-hybridized carbons (Fsp3) is 0.412. The van der Waals surface area contributed by atoms with Gasteiger partial charge in [-0.1, -0.05) is 30.3 Å². The zero-order valence-corrected chi connectivity index (χ0v) is 14.1. The molecule has 0 atom stereocenters. The van der Waals surface area contributed by atoms with Crippen LogP contribution in [0.5, 0.6) is 0 Å². The van der Waals surface area contributed by atoms with Gasteiger partial charge in [0, 0.05) is 44.6 Å². The molecule has 1 heterocycles. The van der Waals surface area contributed by atoms with Gasteiger partial charge in [0.05, 0.1) is 11.3 Å². The van der Waals surface area contributed by atoms with Crippen LogP contribution in [0.4, 0.5) is 4.79 Å². The predicted octanol–water partition coefficient (Wildman–Crippen LogP) is 2.31. The third kappa shape index (κ3) is 4.82. The van der Waals surface area contributed by atoms with Crippen LogP contribution in [0.2, 0.25) is 0 Å². The van der Waals surface area contributed by atoms with Crippen LogP contribution in [-0.4, -0.2) is 35.1 Å². The number of amides is 2. The summed E-state index contributed by atoms with van der Waals surface area (Å²) in [6, 6.07) is 9.70. The molecule has 6 nitrogen and oxygen atoms in total. The summed E-state index contributed by atoms with van der Waals surface area (Å²) in [6.45, 7) is 4.69. The minimum absolute atomic E-state index is 0.224. The molecule has 2 amide bonds. The third-order valence-electron chi connectivity index (χ3n) is 3.62. The van der Waals surface area contributed by atoms with Gasteiger partial charge < -0.3 is 15.4 Å². The van der Waals surface area contributed by atoms with Gasteiger partial charge in [-0.3, -0.25) is 4.68 Å². The van der Waals surface area contributed by atoms with Crippen LogP contribution >= 0.6 is 0 Å². The van der Waals surface area contributed by atoms with Crippen molar-refractivity contribution in [2.24, 2.45) is 7.05 Å². The highest BCUT2D eigenvalue weighted by atomic mass is 16.5. The van der Waals surface area contributed by atoms with Crippen molar-refractivity contribution in [3.63, 3.8) is 0 Å². The smallest absolute Gasteiger partial charge is 0.315 e. The first-order valence-electron chi connectivity index (χ1n) is 7.56. The van der Waals surface area contributed by atoms with E-state index in [2.05, 4.69) is 15.7 Å². The Morgan fingerprint density at radius 1 is 1.26 bits per heavy atom. The molecule has 0 spiro atoms. The van der Waals surface area contributed by atoms with Gasteiger partial charge in [-0.15, -0.1) is 0 Å². The molecule has 1 aromatic carbocycles. The van der Waals surface area contributed by atoms with E-state index in [1.54, 1.807) is 11.8 Å². The first-order chi connectivity index (χ1) is 10.9. The first kappa shape index (κ1) is 17.0. The topological polar surface area (TPSA) is 68.2 Å².